The molecule has 1 amide bonds. The predicted octanol–water partition coefficient (Wildman–Crippen LogP) is 2.76. The van der Waals surface area contributed by atoms with Gasteiger partial charge in [-0.1, -0.05) is 26.0 Å². The molecule has 0 aliphatic carbocycles. The number of carbonyl (C=O) groups excluding carboxylic acids is 1. The average molecular weight is 287 g/mol. The molecule has 0 saturated heterocycles. The van der Waals surface area contributed by atoms with E-state index in [-0.39, 0.29) is 23.7 Å². The van der Waals surface area contributed by atoms with Crippen LogP contribution in [-0.2, 0) is 17.9 Å². The van der Waals surface area contributed by atoms with E-state index in [1.165, 1.54) is 12.1 Å². The van der Waals surface area contributed by atoms with E-state index in [9.17, 15) is 9.18 Å². The fraction of sp³-hybridized carbons (Fsp3) is 0.375. The smallest absolute Gasteiger partial charge is 0.246 e. The summed E-state index contributed by atoms with van der Waals surface area (Å²) in [6.07, 6.45) is 3.51. The quantitative estimate of drug-likeness (QED) is 0.870. The van der Waals surface area contributed by atoms with Crippen LogP contribution in [0.5, 0.6) is 0 Å². The molecular weight excluding hydrogens is 269 g/mol. The number of rotatable bonds is 3. The first kappa shape index (κ1) is 13.8. The molecule has 3 rings (SSSR count). The van der Waals surface area contributed by atoms with Gasteiger partial charge in [0.05, 0.1) is 18.6 Å². The van der Waals surface area contributed by atoms with Crippen LogP contribution in [0.4, 0.5) is 4.39 Å². The number of carbonyl (C=O) groups is 1. The number of fused-ring (bicyclic) bond motifs is 1. The van der Waals surface area contributed by atoms with Crippen molar-refractivity contribution in [3.05, 3.63) is 53.9 Å². The van der Waals surface area contributed by atoms with Crippen molar-refractivity contribution >= 4 is 5.91 Å². The molecule has 110 valence electrons. The van der Waals surface area contributed by atoms with E-state index in [0.29, 0.717) is 13.1 Å². The normalized spacial score (nSPS) is 18.2. The summed E-state index contributed by atoms with van der Waals surface area (Å²) in [5.41, 5.74) is 1.82. The molecule has 0 radical (unpaired) electrons. The topological polar surface area (TPSA) is 38.1 Å². The van der Waals surface area contributed by atoms with Gasteiger partial charge in [-0.05, 0) is 23.6 Å². The Hall–Kier alpha value is -2.17. The van der Waals surface area contributed by atoms with Crippen LogP contribution < -0.4 is 0 Å². The van der Waals surface area contributed by atoms with E-state index in [1.54, 1.807) is 23.5 Å². The van der Waals surface area contributed by atoms with Gasteiger partial charge in [-0.25, -0.2) is 9.37 Å². The summed E-state index contributed by atoms with van der Waals surface area (Å²) in [6.45, 7) is 4.99. The fourth-order valence-electron chi connectivity index (χ4n) is 2.88. The minimum Gasteiger partial charge on any atom is -0.331 e. The van der Waals surface area contributed by atoms with Crippen LogP contribution in [0.15, 0.2) is 36.8 Å². The number of halogens is 1. The zero-order chi connectivity index (χ0) is 15.0. The number of hydrogen-bond donors (Lipinski definition) is 0. The summed E-state index contributed by atoms with van der Waals surface area (Å²) in [4.78, 5) is 18.6. The number of nitrogens with zero attached hydrogens (tertiary/aromatic N) is 3. The van der Waals surface area contributed by atoms with E-state index < -0.39 is 0 Å². The number of imidazole rings is 1. The highest BCUT2D eigenvalue weighted by Crippen LogP contribution is 2.29. The van der Waals surface area contributed by atoms with Crippen LogP contribution in [0.3, 0.4) is 0 Å². The summed E-state index contributed by atoms with van der Waals surface area (Å²) < 4.78 is 15.2. The molecule has 0 bridgehead atoms. The molecule has 2 heterocycles. The Bertz CT molecular complexity index is 665. The highest BCUT2D eigenvalue weighted by molar-refractivity contribution is 5.81. The van der Waals surface area contributed by atoms with Gasteiger partial charge in [-0.3, -0.25) is 4.79 Å². The maximum atomic E-state index is 13.3. The summed E-state index contributed by atoms with van der Waals surface area (Å²) in [5.74, 6) is -0.0251. The summed E-state index contributed by atoms with van der Waals surface area (Å²) in [5, 5.41) is 0. The summed E-state index contributed by atoms with van der Waals surface area (Å²) >= 11 is 0. The van der Waals surface area contributed by atoms with Crippen molar-refractivity contribution in [2.24, 2.45) is 5.92 Å². The van der Waals surface area contributed by atoms with Crippen molar-refractivity contribution in [3.63, 3.8) is 0 Å². The van der Waals surface area contributed by atoms with Crippen molar-refractivity contribution in [2.75, 3.05) is 0 Å². The van der Waals surface area contributed by atoms with Crippen LogP contribution in [0.2, 0.25) is 0 Å². The molecule has 1 unspecified atom stereocenters. The molecule has 1 aromatic heterocycles. The second-order valence-corrected chi connectivity index (χ2v) is 5.81. The molecule has 0 fully saturated rings. The van der Waals surface area contributed by atoms with Gasteiger partial charge in [0.15, 0.2) is 0 Å². The van der Waals surface area contributed by atoms with E-state index in [2.05, 4.69) is 4.98 Å². The number of hydrogen-bond acceptors (Lipinski definition) is 2. The van der Waals surface area contributed by atoms with E-state index in [1.807, 2.05) is 24.5 Å². The Labute approximate surface area is 123 Å². The minimum atomic E-state index is -0.276. The van der Waals surface area contributed by atoms with Crippen LogP contribution >= 0.6 is 0 Å². The van der Waals surface area contributed by atoms with Crippen molar-refractivity contribution in [2.45, 2.75) is 33.0 Å². The van der Waals surface area contributed by atoms with Gasteiger partial charge < -0.3 is 9.47 Å². The molecule has 1 atom stereocenters. The first-order valence-corrected chi connectivity index (χ1v) is 7.10. The van der Waals surface area contributed by atoms with Crippen LogP contribution in [0.25, 0.3) is 0 Å². The van der Waals surface area contributed by atoms with E-state index in [0.717, 1.165) is 11.3 Å². The van der Waals surface area contributed by atoms with Gasteiger partial charge in [-0.15, -0.1) is 0 Å². The third-order valence-electron chi connectivity index (χ3n) is 3.86. The maximum absolute atomic E-state index is 13.3. The lowest BCUT2D eigenvalue weighted by molar-refractivity contribution is -0.139. The predicted molar refractivity (Wildman–Crippen MR) is 76.8 cm³/mol. The molecular formula is C16H18FN3O. The third-order valence-corrected chi connectivity index (χ3v) is 3.86. The average Bonchev–Trinajstić information content (AvgIpc) is 2.86. The molecule has 1 aliphatic heterocycles. The standard InChI is InChI=1S/C16H18FN3O/c1-11(2)15-16(21)19(9-14-7-18-10-20(14)15)8-12-4-3-5-13(17)6-12/h3-7,10-11,15H,8-9H2,1-2H3. The highest BCUT2D eigenvalue weighted by atomic mass is 19.1. The Kier molecular flexibility index (Phi) is 3.49. The maximum Gasteiger partial charge on any atom is 0.246 e. The second-order valence-electron chi connectivity index (χ2n) is 5.81. The molecule has 21 heavy (non-hydrogen) atoms. The molecule has 0 spiro atoms. The Morgan fingerprint density at radius 3 is 2.95 bits per heavy atom. The lowest BCUT2D eigenvalue weighted by Crippen LogP contribution is -2.43. The van der Waals surface area contributed by atoms with Crippen LogP contribution in [-0.4, -0.2) is 20.4 Å². The second kappa shape index (κ2) is 5.31. The molecule has 1 aromatic carbocycles. The minimum absolute atomic E-state index is 0.0692. The first-order valence-electron chi connectivity index (χ1n) is 7.10. The van der Waals surface area contributed by atoms with Crippen molar-refractivity contribution < 1.29 is 9.18 Å². The molecule has 0 saturated carbocycles. The molecule has 4 nitrogen and oxygen atoms in total. The van der Waals surface area contributed by atoms with Gasteiger partial charge in [0.1, 0.15) is 11.9 Å². The Morgan fingerprint density at radius 1 is 1.43 bits per heavy atom. The van der Waals surface area contributed by atoms with Crippen LogP contribution in [0.1, 0.15) is 31.1 Å². The fourth-order valence-corrected chi connectivity index (χ4v) is 2.88. The monoisotopic (exact) mass is 287 g/mol. The SMILES string of the molecule is CC(C)C1C(=O)N(Cc2cccc(F)c2)Cc2cncn21. The zero-order valence-electron chi connectivity index (χ0n) is 12.2. The van der Waals surface area contributed by atoms with Crippen molar-refractivity contribution in [1.82, 2.24) is 14.5 Å². The van der Waals surface area contributed by atoms with Crippen molar-refractivity contribution in [3.8, 4) is 0 Å². The molecule has 2 aromatic rings. The van der Waals surface area contributed by atoms with Crippen molar-refractivity contribution in [1.29, 1.82) is 0 Å². The lowest BCUT2D eigenvalue weighted by Gasteiger charge is -2.35. The molecule has 0 N–H and O–H groups in total. The Morgan fingerprint density at radius 2 is 2.24 bits per heavy atom. The first-order chi connectivity index (χ1) is 10.1. The molecule has 1 aliphatic rings. The van der Waals surface area contributed by atoms with E-state index >= 15 is 0 Å². The van der Waals surface area contributed by atoms with Gasteiger partial charge in [0.2, 0.25) is 5.91 Å². The zero-order valence-corrected chi connectivity index (χ0v) is 12.2. The Balaban J connectivity index is 1.89. The summed E-state index contributed by atoms with van der Waals surface area (Å²) in [6, 6.07) is 6.16. The summed E-state index contributed by atoms with van der Waals surface area (Å²) in [7, 11) is 0. The highest BCUT2D eigenvalue weighted by Gasteiger charge is 2.34. The lowest BCUT2D eigenvalue weighted by atomic mass is 9.99. The largest absolute Gasteiger partial charge is 0.331 e. The van der Waals surface area contributed by atoms with Gasteiger partial charge in [0, 0.05) is 12.7 Å². The number of aromatic nitrogens is 2. The third kappa shape index (κ3) is 2.55. The van der Waals surface area contributed by atoms with Crippen LogP contribution in [0, 0.1) is 11.7 Å². The van der Waals surface area contributed by atoms with Gasteiger partial charge in [0.25, 0.3) is 0 Å². The number of amides is 1. The number of benzene rings is 1. The van der Waals surface area contributed by atoms with E-state index in [4.69, 9.17) is 0 Å². The molecule has 5 heteroatoms. The van der Waals surface area contributed by atoms with Gasteiger partial charge in [-0.2, -0.15) is 0 Å². The van der Waals surface area contributed by atoms with Gasteiger partial charge >= 0.3 is 0 Å².